The van der Waals surface area contributed by atoms with Crippen LogP contribution in [0.5, 0.6) is 0 Å². The number of piperidine rings is 1. The molecule has 0 aromatic heterocycles. The van der Waals surface area contributed by atoms with Gasteiger partial charge in [0, 0.05) is 12.0 Å². The summed E-state index contributed by atoms with van der Waals surface area (Å²) in [6.45, 7) is 2.59. The maximum atomic E-state index is 13.6. The largest absolute Gasteiger partial charge is 0.243 e. The summed E-state index contributed by atoms with van der Waals surface area (Å²) in [6, 6.07) is 15.7. The van der Waals surface area contributed by atoms with Crippen molar-refractivity contribution in [3.05, 3.63) is 71.3 Å². The van der Waals surface area contributed by atoms with Crippen molar-refractivity contribution in [1.82, 2.24) is 4.31 Å². The Morgan fingerprint density at radius 1 is 1.00 bits per heavy atom. The maximum Gasteiger partial charge on any atom is 0.243 e. The molecule has 2 aromatic rings. The number of hydrogen-bond donors (Lipinski definition) is 0. The van der Waals surface area contributed by atoms with Gasteiger partial charge in [-0.1, -0.05) is 48.0 Å². The van der Waals surface area contributed by atoms with Crippen LogP contribution >= 0.6 is 0 Å². The summed E-state index contributed by atoms with van der Waals surface area (Å²) < 4.78 is 29.1. The first kappa shape index (κ1) is 17.2. The molecule has 4 heteroatoms. The minimum absolute atomic E-state index is 0.0437. The van der Waals surface area contributed by atoms with Gasteiger partial charge in [-0.3, -0.25) is 0 Å². The van der Waals surface area contributed by atoms with Gasteiger partial charge in [-0.25, -0.2) is 8.42 Å². The Kier molecular flexibility index (Phi) is 3.85. The quantitative estimate of drug-likeness (QED) is 0.729. The molecule has 0 unspecified atom stereocenters. The first-order valence-corrected chi connectivity index (χ1v) is 11.4. The first-order chi connectivity index (χ1) is 13.0. The number of rotatable bonds is 2. The molecule has 0 amide bonds. The summed E-state index contributed by atoms with van der Waals surface area (Å²) in [4.78, 5) is 0.413. The second-order valence-electron chi connectivity index (χ2n) is 8.19. The standard InChI is InChI=1S/C23H25NO2S/c1-17-10-12-18(13-11-17)27(25,26)24-16-6-15-23-14-5-4-9-21(23)19-7-2-3-8-20(19)22(23)24/h2-3,7-13,22H,4-6,14-16H2,1H3/t22-,23+/m1/s1. The predicted molar refractivity (Wildman–Crippen MR) is 108 cm³/mol. The molecule has 0 N–H and O–H groups in total. The fourth-order valence-electron chi connectivity index (χ4n) is 5.55. The predicted octanol–water partition coefficient (Wildman–Crippen LogP) is 5.09. The van der Waals surface area contributed by atoms with E-state index in [9.17, 15) is 8.42 Å². The summed E-state index contributed by atoms with van der Waals surface area (Å²) in [5.41, 5.74) is 4.90. The molecule has 1 aliphatic heterocycles. The fraction of sp³-hybridized carbons (Fsp3) is 0.391. The second kappa shape index (κ2) is 6.05. The number of hydrogen-bond acceptors (Lipinski definition) is 2. The molecule has 2 aliphatic carbocycles. The monoisotopic (exact) mass is 379 g/mol. The highest BCUT2D eigenvalue weighted by molar-refractivity contribution is 7.89. The van der Waals surface area contributed by atoms with Crippen molar-refractivity contribution in [1.29, 1.82) is 0 Å². The summed E-state index contributed by atoms with van der Waals surface area (Å²) in [6.07, 6.45) is 7.71. The van der Waals surface area contributed by atoms with Crippen LogP contribution in [0.2, 0.25) is 0 Å². The van der Waals surface area contributed by atoms with Crippen LogP contribution in [-0.2, 0) is 10.0 Å². The molecule has 27 heavy (non-hydrogen) atoms. The van der Waals surface area contributed by atoms with Crippen molar-refractivity contribution < 1.29 is 8.42 Å². The van der Waals surface area contributed by atoms with Crippen LogP contribution in [0.1, 0.15) is 54.8 Å². The van der Waals surface area contributed by atoms with Gasteiger partial charge in [0.15, 0.2) is 0 Å². The van der Waals surface area contributed by atoms with Gasteiger partial charge in [0.1, 0.15) is 0 Å². The molecule has 0 radical (unpaired) electrons. The Balaban J connectivity index is 1.68. The second-order valence-corrected chi connectivity index (χ2v) is 10.1. The highest BCUT2D eigenvalue weighted by atomic mass is 32.2. The molecule has 3 nitrogen and oxygen atoms in total. The summed E-state index contributed by atoms with van der Waals surface area (Å²) in [7, 11) is -3.53. The zero-order chi connectivity index (χ0) is 18.6. The van der Waals surface area contributed by atoms with Crippen LogP contribution in [0.15, 0.2) is 59.5 Å². The van der Waals surface area contributed by atoms with E-state index < -0.39 is 10.0 Å². The van der Waals surface area contributed by atoms with E-state index in [1.165, 1.54) is 16.7 Å². The van der Waals surface area contributed by atoms with E-state index in [2.05, 4.69) is 30.3 Å². The minimum atomic E-state index is -3.53. The van der Waals surface area contributed by atoms with Gasteiger partial charge < -0.3 is 0 Å². The van der Waals surface area contributed by atoms with E-state index in [0.29, 0.717) is 11.4 Å². The third-order valence-electron chi connectivity index (χ3n) is 6.70. The topological polar surface area (TPSA) is 37.4 Å². The lowest BCUT2D eigenvalue weighted by atomic mass is 9.66. The van der Waals surface area contributed by atoms with Crippen molar-refractivity contribution in [3.8, 4) is 0 Å². The lowest BCUT2D eigenvalue weighted by Gasteiger charge is -2.48. The van der Waals surface area contributed by atoms with Gasteiger partial charge in [-0.15, -0.1) is 0 Å². The average molecular weight is 380 g/mol. The van der Waals surface area contributed by atoms with Crippen LogP contribution in [0.4, 0.5) is 0 Å². The molecule has 140 valence electrons. The Morgan fingerprint density at radius 3 is 2.56 bits per heavy atom. The smallest absolute Gasteiger partial charge is 0.207 e. The number of aryl methyl sites for hydroxylation is 1. The van der Waals surface area contributed by atoms with E-state index in [1.54, 1.807) is 12.1 Å². The Bertz CT molecular complexity index is 1020. The molecule has 1 spiro atoms. The Labute approximate surface area is 161 Å². The average Bonchev–Trinajstić information content (AvgIpc) is 2.99. The molecule has 2 atom stereocenters. The number of benzene rings is 2. The molecular formula is C23H25NO2S. The van der Waals surface area contributed by atoms with Crippen LogP contribution in [0, 0.1) is 12.3 Å². The maximum absolute atomic E-state index is 13.6. The zero-order valence-corrected chi connectivity index (χ0v) is 16.5. The van der Waals surface area contributed by atoms with Crippen molar-refractivity contribution in [3.63, 3.8) is 0 Å². The van der Waals surface area contributed by atoms with E-state index in [-0.39, 0.29) is 11.5 Å². The van der Waals surface area contributed by atoms with Gasteiger partial charge in [-0.2, -0.15) is 4.31 Å². The van der Waals surface area contributed by atoms with E-state index in [4.69, 9.17) is 0 Å². The normalized spacial score (nSPS) is 27.4. The molecule has 1 fully saturated rings. The Hall–Kier alpha value is -1.91. The van der Waals surface area contributed by atoms with Crippen LogP contribution < -0.4 is 0 Å². The Morgan fingerprint density at radius 2 is 1.74 bits per heavy atom. The van der Waals surface area contributed by atoms with Crippen molar-refractivity contribution in [2.24, 2.45) is 5.41 Å². The SMILES string of the molecule is Cc1ccc(S(=O)(=O)N2CCC[C@@]34CCCC=C3c3ccccc3[C@@H]24)cc1. The molecule has 5 rings (SSSR count). The van der Waals surface area contributed by atoms with Gasteiger partial charge in [-0.05, 0) is 67.9 Å². The number of sulfonamides is 1. The fourth-order valence-corrected chi connectivity index (χ4v) is 7.27. The van der Waals surface area contributed by atoms with Crippen molar-refractivity contribution in [2.75, 3.05) is 6.54 Å². The van der Waals surface area contributed by atoms with Crippen molar-refractivity contribution >= 4 is 15.6 Å². The summed E-state index contributed by atoms with van der Waals surface area (Å²) in [5.74, 6) is 0. The van der Waals surface area contributed by atoms with Crippen molar-refractivity contribution in [2.45, 2.75) is 50.0 Å². The number of allylic oxidation sites excluding steroid dienone is 1. The number of fused-ring (bicyclic) bond motifs is 3. The van der Waals surface area contributed by atoms with Gasteiger partial charge in [0.2, 0.25) is 10.0 Å². The molecule has 0 saturated carbocycles. The van der Waals surface area contributed by atoms with Crippen LogP contribution in [0.3, 0.4) is 0 Å². The van der Waals surface area contributed by atoms with E-state index in [0.717, 1.165) is 37.7 Å². The molecular weight excluding hydrogens is 354 g/mol. The minimum Gasteiger partial charge on any atom is -0.207 e. The molecule has 0 bridgehead atoms. The zero-order valence-electron chi connectivity index (χ0n) is 15.7. The lowest BCUT2D eigenvalue weighted by Crippen LogP contribution is -2.47. The van der Waals surface area contributed by atoms with Crippen LogP contribution in [-0.4, -0.2) is 19.3 Å². The molecule has 1 heterocycles. The molecule has 1 saturated heterocycles. The first-order valence-electron chi connectivity index (χ1n) is 9.92. The van der Waals surface area contributed by atoms with Crippen LogP contribution in [0.25, 0.3) is 5.57 Å². The van der Waals surface area contributed by atoms with Gasteiger partial charge >= 0.3 is 0 Å². The lowest BCUT2D eigenvalue weighted by molar-refractivity contribution is 0.115. The van der Waals surface area contributed by atoms with E-state index in [1.807, 2.05) is 23.4 Å². The molecule has 3 aliphatic rings. The third kappa shape index (κ3) is 2.39. The third-order valence-corrected chi connectivity index (χ3v) is 8.58. The number of nitrogens with zero attached hydrogens (tertiary/aromatic N) is 1. The van der Waals surface area contributed by atoms with Gasteiger partial charge in [0.25, 0.3) is 0 Å². The highest BCUT2D eigenvalue weighted by Gasteiger charge is 2.56. The summed E-state index contributed by atoms with van der Waals surface area (Å²) in [5, 5.41) is 0. The van der Waals surface area contributed by atoms with E-state index >= 15 is 0 Å². The van der Waals surface area contributed by atoms with Gasteiger partial charge in [0.05, 0.1) is 10.9 Å². The molecule has 2 aromatic carbocycles. The summed E-state index contributed by atoms with van der Waals surface area (Å²) >= 11 is 0. The highest BCUT2D eigenvalue weighted by Crippen LogP contribution is 2.64.